The molecule has 0 atom stereocenters. The molecule has 0 radical (unpaired) electrons. The zero-order valence-corrected chi connectivity index (χ0v) is 16.5. The van der Waals surface area contributed by atoms with Gasteiger partial charge in [0.1, 0.15) is 5.76 Å². The van der Waals surface area contributed by atoms with E-state index in [0.717, 1.165) is 38.2 Å². The van der Waals surface area contributed by atoms with Crippen LogP contribution in [0.3, 0.4) is 0 Å². The van der Waals surface area contributed by atoms with Gasteiger partial charge >= 0.3 is 11.9 Å². The molecule has 0 saturated carbocycles. The molecule has 1 aromatic heterocycles. The van der Waals surface area contributed by atoms with Crippen LogP contribution >= 0.6 is 0 Å². The number of carboxylic acid groups (broad SMARTS) is 2. The number of carboxylic acids is 2. The number of anilines is 1. The Labute approximate surface area is 169 Å². The normalized spacial score (nSPS) is 15.7. The summed E-state index contributed by atoms with van der Waals surface area (Å²) in [6, 6.07) is 6.56. The van der Waals surface area contributed by atoms with E-state index in [1.54, 1.807) is 6.26 Å². The Balaban J connectivity index is 0.000000258. The highest BCUT2D eigenvalue weighted by Crippen LogP contribution is 2.42. The van der Waals surface area contributed by atoms with Gasteiger partial charge in [0, 0.05) is 31.3 Å². The Morgan fingerprint density at radius 3 is 2.48 bits per heavy atom. The van der Waals surface area contributed by atoms with Crippen LogP contribution < -0.4 is 10.2 Å². The molecular formula is C22H26N2O5. The fourth-order valence-electron chi connectivity index (χ4n) is 3.97. The predicted molar refractivity (Wildman–Crippen MR) is 110 cm³/mol. The van der Waals surface area contributed by atoms with E-state index >= 15 is 0 Å². The van der Waals surface area contributed by atoms with Crippen molar-refractivity contribution >= 4 is 17.6 Å². The van der Waals surface area contributed by atoms with Crippen molar-refractivity contribution in [3.63, 3.8) is 0 Å². The first kappa shape index (κ1) is 20.7. The average Bonchev–Trinajstić information content (AvgIpc) is 3.11. The number of nitrogens with one attached hydrogen (secondary N) is 1. The molecule has 2 aliphatic heterocycles. The van der Waals surface area contributed by atoms with E-state index in [1.165, 1.54) is 40.8 Å². The molecule has 4 rings (SSSR count). The Hall–Kier alpha value is -3.06. The number of carbonyl (C=O) groups is 2. The zero-order chi connectivity index (χ0) is 20.8. The van der Waals surface area contributed by atoms with E-state index in [-0.39, 0.29) is 0 Å². The molecule has 0 amide bonds. The van der Waals surface area contributed by atoms with Crippen LogP contribution in [-0.4, -0.2) is 48.8 Å². The summed E-state index contributed by atoms with van der Waals surface area (Å²) in [5, 5.41) is 19.1. The second kappa shape index (κ2) is 9.43. The molecule has 2 aliphatic rings. The molecule has 0 saturated heterocycles. The smallest absolute Gasteiger partial charge is 0.328 e. The van der Waals surface area contributed by atoms with Gasteiger partial charge < -0.3 is 24.8 Å². The minimum absolute atomic E-state index is 0.558. The summed E-state index contributed by atoms with van der Waals surface area (Å²) in [6.07, 6.45) is 7.56. The monoisotopic (exact) mass is 398 g/mol. The van der Waals surface area contributed by atoms with Crippen LogP contribution in [0.2, 0.25) is 0 Å². The molecule has 7 heteroatoms. The number of benzene rings is 1. The van der Waals surface area contributed by atoms with Crippen LogP contribution in [0, 0.1) is 0 Å². The molecule has 0 aliphatic carbocycles. The van der Waals surface area contributed by atoms with Gasteiger partial charge in [-0.2, -0.15) is 0 Å². The van der Waals surface area contributed by atoms with Gasteiger partial charge in [0.25, 0.3) is 0 Å². The van der Waals surface area contributed by atoms with Crippen molar-refractivity contribution in [2.45, 2.75) is 25.7 Å². The summed E-state index contributed by atoms with van der Waals surface area (Å²) in [7, 11) is 2.21. The first-order valence-corrected chi connectivity index (χ1v) is 9.74. The second-order valence-corrected chi connectivity index (χ2v) is 7.16. The van der Waals surface area contributed by atoms with Gasteiger partial charge in [-0.1, -0.05) is 6.07 Å². The van der Waals surface area contributed by atoms with Gasteiger partial charge in [-0.3, -0.25) is 0 Å². The number of hydrogen-bond acceptors (Lipinski definition) is 5. The molecule has 0 bridgehead atoms. The zero-order valence-electron chi connectivity index (χ0n) is 16.5. The lowest BCUT2D eigenvalue weighted by molar-refractivity contribution is -0.134. The number of furan rings is 1. The molecule has 2 aromatic rings. The Morgan fingerprint density at radius 1 is 1.10 bits per heavy atom. The first-order valence-electron chi connectivity index (χ1n) is 9.74. The summed E-state index contributed by atoms with van der Waals surface area (Å²) >= 11 is 0. The maximum absolute atomic E-state index is 9.55. The van der Waals surface area contributed by atoms with Crippen molar-refractivity contribution < 1.29 is 24.2 Å². The van der Waals surface area contributed by atoms with Gasteiger partial charge in [-0.05, 0) is 67.6 Å². The van der Waals surface area contributed by atoms with E-state index in [1.807, 2.05) is 6.07 Å². The number of aliphatic carboxylic acids is 2. The summed E-state index contributed by atoms with van der Waals surface area (Å²) < 4.78 is 5.79. The average molecular weight is 398 g/mol. The standard InChI is InChI=1S/C18H22N2O.C4H4O4/c1-20-10-2-4-14-12-13-6-8-19-9-7-15(13)17(18(14)20)16-5-3-11-21-16;5-3(6)1-2-4(7)8/h3,5,11-12,19H,2,4,6-10H2,1H3;1-2H,(H,5,6)(H,7,8)/b;2-1+. The third-order valence-electron chi connectivity index (χ3n) is 5.16. The van der Waals surface area contributed by atoms with Crippen molar-refractivity contribution in [2.75, 3.05) is 31.6 Å². The van der Waals surface area contributed by atoms with E-state index in [4.69, 9.17) is 14.6 Å². The highest BCUT2D eigenvalue weighted by atomic mass is 16.4. The Morgan fingerprint density at radius 2 is 1.83 bits per heavy atom. The molecule has 1 aromatic carbocycles. The van der Waals surface area contributed by atoms with Crippen molar-refractivity contribution in [1.29, 1.82) is 0 Å². The second-order valence-electron chi connectivity index (χ2n) is 7.16. The quantitative estimate of drug-likeness (QED) is 0.683. The van der Waals surface area contributed by atoms with Crippen LogP contribution in [0.5, 0.6) is 0 Å². The number of hydrogen-bond donors (Lipinski definition) is 3. The fourth-order valence-corrected chi connectivity index (χ4v) is 3.97. The number of fused-ring (bicyclic) bond motifs is 2. The van der Waals surface area contributed by atoms with Gasteiger partial charge in [-0.15, -0.1) is 0 Å². The fraction of sp³-hybridized carbons (Fsp3) is 0.364. The summed E-state index contributed by atoms with van der Waals surface area (Å²) in [4.78, 5) is 21.5. The lowest BCUT2D eigenvalue weighted by Gasteiger charge is -2.31. The van der Waals surface area contributed by atoms with Crippen LogP contribution in [0.15, 0.2) is 41.0 Å². The van der Waals surface area contributed by atoms with Gasteiger partial charge in [-0.25, -0.2) is 9.59 Å². The van der Waals surface area contributed by atoms with Gasteiger partial charge in [0.05, 0.1) is 12.0 Å². The molecule has 0 fully saturated rings. The topological polar surface area (TPSA) is 103 Å². The summed E-state index contributed by atoms with van der Waals surface area (Å²) in [5.74, 6) is -1.49. The summed E-state index contributed by atoms with van der Waals surface area (Å²) in [6.45, 7) is 3.28. The molecule has 0 spiro atoms. The van der Waals surface area contributed by atoms with Crippen LogP contribution in [0.4, 0.5) is 5.69 Å². The van der Waals surface area contributed by atoms with Crippen LogP contribution in [0.1, 0.15) is 23.1 Å². The third kappa shape index (κ3) is 5.06. The van der Waals surface area contributed by atoms with E-state index in [0.29, 0.717) is 12.2 Å². The Kier molecular flexibility index (Phi) is 6.72. The van der Waals surface area contributed by atoms with Crippen molar-refractivity contribution in [3.05, 3.63) is 53.3 Å². The minimum Gasteiger partial charge on any atom is -0.478 e. The molecular weight excluding hydrogens is 372 g/mol. The molecule has 3 heterocycles. The van der Waals surface area contributed by atoms with Gasteiger partial charge in [0.15, 0.2) is 0 Å². The molecule has 29 heavy (non-hydrogen) atoms. The predicted octanol–water partition coefficient (Wildman–Crippen LogP) is 2.73. The SMILES string of the molecule is CN1CCCc2cc3c(c(-c4ccco4)c21)CCNCC3.O=C(O)/C=C/C(=O)O. The van der Waals surface area contributed by atoms with Crippen LogP contribution in [-0.2, 0) is 28.9 Å². The molecule has 7 nitrogen and oxygen atoms in total. The van der Waals surface area contributed by atoms with Gasteiger partial charge in [0.2, 0.25) is 0 Å². The lowest BCUT2D eigenvalue weighted by atomic mass is 9.87. The Bertz CT molecular complexity index is 886. The van der Waals surface area contributed by atoms with Crippen molar-refractivity contribution in [3.8, 4) is 11.3 Å². The number of aryl methyl sites for hydroxylation is 1. The van der Waals surface area contributed by atoms with Crippen molar-refractivity contribution in [1.82, 2.24) is 5.32 Å². The first-order chi connectivity index (χ1) is 14.0. The maximum atomic E-state index is 9.55. The molecule has 0 unspecified atom stereocenters. The van der Waals surface area contributed by atoms with Crippen molar-refractivity contribution in [2.24, 2.45) is 0 Å². The van der Waals surface area contributed by atoms with E-state index < -0.39 is 11.9 Å². The van der Waals surface area contributed by atoms with E-state index in [9.17, 15) is 9.59 Å². The summed E-state index contributed by atoms with van der Waals surface area (Å²) in [5.41, 5.74) is 7.24. The maximum Gasteiger partial charge on any atom is 0.328 e. The highest BCUT2D eigenvalue weighted by Gasteiger charge is 2.25. The largest absolute Gasteiger partial charge is 0.478 e. The third-order valence-corrected chi connectivity index (χ3v) is 5.16. The lowest BCUT2D eigenvalue weighted by Crippen LogP contribution is -2.26. The molecule has 3 N–H and O–H groups in total. The van der Waals surface area contributed by atoms with E-state index in [2.05, 4.69) is 29.4 Å². The molecule has 154 valence electrons. The number of rotatable bonds is 3. The number of nitrogens with zero attached hydrogens (tertiary/aromatic N) is 1. The van der Waals surface area contributed by atoms with Crippen LogP contribution in [0.25, 0.3) is 11.3 Å². The minimum atomic E-state index is -1.26. The highest BCUT2D eigenvalue weighted by molar-refractivity contribution is 5.89.